The quantitative estimate of drug-likeness (QED) is 0.635. The third kappa shape index (κ3) is 1.42. The van der Waals surface area contributed by atoms with Gasteiger partial charge in [-0.2, -0.15) is 0 Å². The Hall–Kier alpha value is -1.08. The average molecular weight is 287 g/mol. The van der Waals surface area contributed by atoms with E-state index in [0.29, 0.717) is 0 Å². The molecule has 0 aliphatic heterocycles. The van der Waals surface area contributed by atoms with Crippen molar-refractivity contribution in [2.24, 2.45) is 0 Å². The molecule has 0 saturated heterocycles. The highest BCUT2D eigenvalue weighted by molar-refractivity contribution is 9.10. The summed E-state index contributed by atoms with van der Waals surface area (Å²) < 4.78 is 1.18. The van der Waals surface area contributed by atoms with Crippen LogP contribution in [0.4, 0.5) is 0 Å². The van der Waals surface area contributed by atoms with E-state index in [1.807, 2.05) is 0 Å². The van der Waals surface area contributed by atoms with Crippen molar-refractivity contribution in [3.8, 4) is 11.1 Å². The Morgan fingerprint density at radius 2 is 1.71 bits per heavy atom. The van der Waals surface area contributed by atoms with E-state index in [2.05, 4.69) is 73.1 Å². The number of benzene rings is 2. The lowest BCUT2D eigenvalue weighted by Crippen LogP contribution is -2.14. The number of hydrogen-bond donors (Lipinski definition) is 0. The Morgan fingerprint density at radius 3 is 2.47 bits per heavy atom. The summed E-state index contributed by atoms with van der Waals surface area (Å²) in [5.41, 5.74) is 7.17. The van der Waals surface area contributed by atoms with Gasteiger partial charge in [0.1, 0.15) is 0 Å². The molecule has 0 atom stereocenters. The van der Waals surface area contributed by atoms with Crippen LogP contribution in [-0.4, -0.2) is 0 Å². The van der Waals surface area contributed by atoms with Gasteiger partial charge in [0, 0.05) is 9.89 Å². The minimum Gasteiger partial charge on any atom is -0.0619 e. The van der Waals surface area contributed by atoms with E-state index in [-0.39, 0.29) is 5.41 Å². The molecule has 0 heterocycles. The van der Waals surface area contributed by atoms with Gasteiger partial charge in [0.25, 0.3) is 0 Å². The van der Waals surface area contributed by atoms with Gasteiger partial charge in [-0.1, -0.05) is 54.0 Å². The lowest BCUT2D eigenvalue weighted by Gasteiger charge is -2.21. The second-order valence-electron chi connectivity index (χ2n) is 5.32. The first-order valence-corrected chi connectivity index (χ1v) is 6.71. The second kappa shape index (κ2) is 3.46. The molecule has 2 aromatic carbocycles. The second-order valence-corrected chi connectivity index (χ2v) is 6.23. The highest BCUT2D eigenvalue weighted by atomic mass is 79.9. The summed E-state index contributed by atoms with van der Waals surface area (Å²) in [6, 6.07) is 13.2. The van der Waals surface area contributed by atoms with Crippen LogP contribution in [0, 0.1) is 6.92 Å². The smallest absolute Gasteiger partial charge is 0.0181 e. The first-order chi connectivity index (χ1) is 8.01. The molecule has 86 valence electrons. The van der Waals surface area contributed by atoms with Gasteiger partial charge in [-0.15, -0.1) is 0 Å². The molecule has 1 aliphatic carbocycles. The Kier molecular flexibility index (Phi) is 2.24. The fourth-order valence-corrected chi connectivity index (χ4v) is 3.56. The van der Waals surface area contributed by atoms with Crippen LogP contribution in [0.2, 0.25) is 0 Å². The number of halogens is 1. The third-order valence-corrected chi connectivity index (χ3v) is 4.30. The van der Waals surface area contributed by atoms with Gasteiger partial charge in [0.2, 0.25) is 0 Å². The van der Waals surface area contributed by atoms with Crippen LogP contribution in [0.5, 0.6) is 0 Å². The molecular weight excluding hydrogens is 272 g/mol. The van der Waals surface area contributed by atoms with Crippen LogP contribution in [0.1, 0.15) is 30.5 Å². The molecule has 0 nitrogen and oxygen atoms in total. The zero-order chi connectivity index (χ0) is 12.2. The summed E-state index contributed by atoms with van der Waals surface area (Å²) in [6.07, 6.45) is 0. The maximum absolute atomic E-state index is 3.61. The van der Waals surface area contributed by atoms with Crippen LogP contribution in [0.3, 0.4) is 0 Å². The summed E-state index contributed by atoms with van der Waals surface area (Å²) >= 11 is 3.61. The van der Waals surface area contributed by atoms with Crippen molar-refractivity contribution in [3.63, 3.8) is 0 Å². The van der Waals surface area contributed by atoms with Gasteiger partial charge >= 0.3 is 0 Å². The molecule has 1 heteroatoms. The first kappa shape index (κ1) is 11.0. The predicted octanol–water partition coefficient (Wildman–Crippen LogP) is 5.06. The molecule has 0 N–H and O–H groups in total. The van der Waals surface area contributed by atoms with E-state index in [4.69, 9.17) is 0 Å². The minimum absolute atomic E-state index is 0.112. The summed E-state index contributed by atoms with van der Waals surface area (Å²) in [7, 11) is 0. The summed E-state index contributed by atoms with van der Waals surface area (Å²) in [6.45, 7) is 6.81. The molecule has 2 aromatic rings. The van der Waals surface area contributed by atoms with Gasteiger partial charge in [-0.05, 0) is 46.9 Å². The molecule has 0 amide bonds. The SMILES string of the molecule is Cc1cc(Br)cc2c1-c1ccccc1C2(C)C. The molecule has 3 rings (SSSR count). The van der Waals surface area contributed by atoms with Crippen molar-refractivity contribution in [3.05, 3.63) is 57.6 Å². The molecule has 0 radical (unpaired) electrons. The first-order valence-electron chi connectivity index (χ1n) is 5.92. The number of fused-ring (bicyclic) bond motifs is 3. The van der Waals surface area contributed by atoms with Crippen molar-refractivity contribution in [1.82, 2.24) is 0 Å². The highest BCUT2D eigenvalue weighted by Crippen LogP contribution is 2.50. The van der Waals surface area contributed by atoms with Crippen molar-refractivity contribution in [2.75, 3.05) is 0 Å². The molecule has 0 bridgehead atoms. The standard InChI is InChI=1S/C16H15Br/c1-10-8-11(17)9-14-15(10)12-6-4-5-7-13(12)16(14,2)3/h4-9H,1-3H3. The van der Waals surface area contributed by atoms with Crippen LogP contribution < -0.4 is 0 Å². The van der Waals surface area contributed by atoms with E-state index in [9.17, 15) is 0 Å². The normalized spacial score (nSPS) is 15.5. The predicted molar refractivity (Wildman–Crippen MR) is 76.4 cm³/mol. The molecule has 1 aliphatic rings. The summed E-state index contributed by atoms with van der Waals surface area (Å²) in [5, 5.41) is 0. The van der Waals surface area contributed by atoms with E-state index in [1.54, 1.807) is 0 Å². The molecule has 0 spiro atoms. The highest BCUT2D eigenvalue weighted by Gasteiger charge is 2.35. The monoisotopic (exact) mass is 286 g/mol. The molecular formula is C16H15Br. The van der Waals surface area contributed by atoms with Gasteiger partial charge in [-0.3, -0.25) is 0 Å². The number of hydrogen-bond acceptors (Lipinski definition) is 0. The fourth-order valence-electron chi connectivity index (χ4n) is 2.98. The molecule has 0 fully saturated rings. The summed E-state index contributed by atoms with van der Waals surface area (Å²) in [5.74, 6) is 0. The Labute approximate surface area is 111 Å². The molecule has 0 unspecified atom stereocenters. The zero-order valence-corrected chi connectivity index (χ0v) is 11.9. The fraction of sp³-hybridized carbons (Fsp3) is 0.250. The van der Waals surface area contributed by atoms with E-state index >= 15 is 0 Å². The van der Waals surface area contributed by atoms with Crippen molar-refractivity contribution >= 4 is 15.9 Å². The van der Waals surface area contributed by atoms with Gasteiger partial charge < -0.3 is 0 Å². The lowest BCUT2D eigenvalue weighted by molar-refractivity contribution is 0.659. The molecule has 17 heavy (non-hydrogen) atoms. The van der Waals surface area contributed by atoms with Gasteiger partial charge in [0.15, 0.2) is 0 Å². The minimum atomic E-state index is 0.112. The largest absolute Gasteiger partial charge is 0.0619 e. The molecule has 0 saturated carbocycles. The maximum Gasteiger partial charge on any atom is 0.0181 e. The number of rotatable bonds is 0. The van der Waals surface area contributed by atoms with Gasteiger partial charge in [0.05, 0.1) is 0 Å². The van der Waals surface area contributed by atoms with Crippen LogP contribution in [0.15, 0.2) is 40.9 Å². The maximum atomic E-state index is 3.61. The van der Waals surface area contributed by atoms with E-state index in [1.165, 1.54) is 32.3 Å². The molecule has 0 aromatic heterocycles. The van der Waals surface area contributed by atoms with Crippen molar-refractivity contribution in [2.45, 2.75) is 26.2 Å². The van der Waals surface area contributed by atoms with Crippen molar-refractivity contribution in [1.29, 1.82) is 0 Å². The van der Waals surface area contributed by atoms with Crippen LogP contribution in [-0.2, 0) is 5.41 Å². The van der Waals surface area contributed by atoms with E-state index in [0.717, 1.165) is 0 Å². The topological polar surface area (TPSA) is 0 Å². The average Bonchev–Trinajstić information content (AvgIpc) is 2.49. The Morgan fingerprint density at radius 1 is 1.00 bits per heavy atom. The zero-order valence-electron chi connectivity index (χ0n) is 10.3. The Balaban J connectivity index is 2.44. The van der Waals surface area contributed by atoms with E-state index < -0.39 is 0 Å². The van der Waals surface area contributed by atoms with Crippen LogP contribution in [0.25, 0.3) is 11.1 Å². The van der Waals surface area contributed by atoms with Crippen molar-refractivity contribution < 1.29 is 0 Å². The Bertz CT molecular complexity index is 609. The number of aryl methyl sites for hydroxylation is 1. The van der Waals surface area contributed by atoms with Gasteiger partial charge in [-0.25, -0.2) is 0 Å². The third-order valence-electron chi connectivity index (χ3n) is 3.84. The summed E-state index contributed by atoms with van der Waals surface area (Å²) in [4.78, 5) is 0. The van der Waals surface area contributed by atoms with Crippen LogP contribution >= 0.6 is 15.9 Å². The lowest BCUT2D eigenvalue weighted by atomic mass is 9.82.